The fraction of sp³-hybridized carbons (Fsp3) is 0.286. The van der Waals surface area contributed by atoms with Gasteiger partial charge in [-0.3, -0.25) is 0 Å². The van der Waals surface area contributed by atoms with Crippen LogP contribution in [0.4, 0.5) is 0 Å². The third kappa shape index (κ3) is 3.03. The Balaban J connectivity index is 1.92. The van der Waals surface area contributed by atoms with Crippen LogP contribution >= 0.6 is 11.3 Å². The van der Waals surface area contributed by atoms with Crippen molar-refractivity contribution in [3.05, 3.63) is 45.6 Å². The minimum absolute atomic E-state index is 0.0859. The largest absolute Gasteiger partial charge is 0.508 e. The van der Waals surface area contributed by atoms with Gasteiger partial charge < -0.3 is 15.5 Å². The lowest BCUT2D eigenvalue weighted by Crippen LogP contribution is -2.12. The molecule has 0 spiro atoms. The lowest BCUT2D eigenvalue weighted by Gasteiger charge is -2.07. The fourth-order valence-electron chi connectivity index (χ4n) is 1.85. The van der Waals surface area contributed by atoms with Crippen molar-refractivity contribution in [2.24, 2.45) is 0 Å². The number of hydrogen-bond acceptors (Lipinski definition) is 4. The van der Waals surface area contributed by atoms with Gasteiger partial charge in [-0.2, -0.15) is 0 Å². The van der Waals surface area contributed by atoms with E-state index >= 15 is 0 Å². The van der Waals surface area contributed by atoms with E-state index in [1.54, 1.807) is 23.5 Å². The molecule has 0 fully saturated rings. The molecule has 0 unspecified atom stereocenters. The first kappa shape index (κ1) is 12.9. The minimum atomic E-state index is 0.0859. The van der Waals surface area contributed by atoms with Crippen LogP contribution in [-0.2, 0) is 19.5 Å². The molecule has 0 aliphatic carbocycles. The molecule has 0 amide bonds. The summed E-state index contributed by atoms with van der Waals surface area (Å²) < 4.78 is 0. The van der Waals surface area contributed by atoms with E-state index in [1.807, 2.05) is 0 Å². The Morgan fingerprint density at radius 1 is 1.11 bits per heavy atom. The molecule has 0 aliphatic rings. The predicted molar refractivity (Wildman–Crippen MR) is 74.0 cm³/mol. The Bertz CT molecular complexity index is 522. The van der Waals surface area contributed by atoms with E-state index in [4.69, 9.17) is 0 Å². The molecule has 18 heavy (non-hydrogen) atoms. The molecule has 0 saturated heterocycles. The van der Waals surface area contributed by atoms with Crippen molar-refractivity contribution < 1.29 is 10.2 Å². The number of hydrogen-bond donors (Lipinski definition) is 3. The number of benzene rings is 1. The maximum atomic E-state index is 9.65. The molecule has 96 valence electrons. The Hall–Kier alpha value is -1.52. The van der Waals surface area contributed by atoms with Gasteiger partial charge in [0, 0.05) is 29.6 Å². The molecule has 3 nitrogen and oxygen atoms in total. The summed E-state index contributed by atoms with van der Waals surface area (Å²) in [6, 6.07) is 6.82. The van der Waals surface area contributed by atoms with Crippen molar-refractivity contribution in [3.8, 4) is 11.5 Å². The van der Waals surface area contributed by atoms with Crippen LogP contribution in [0.1, 0.15) is 22.9 Å². The van der Waals surface area contributed by atoms with Gasteiger partial charge in [0.1, 0.15) is 11.5 Å². The smallest absolute Gasteiger partial charge is 0.123 e. The highest BCUT2D eigenvalue weighted by Gasteiger charge is 2.04. The average Bonchev–Trinajstić information content (AvgIpc) is 2.79. The maximum Gasteiger partial charge on any atom is 0.123 e. The first-order valence-electron chi connectivity index (χ1n) is 5.97. The molecule has 1 aromatic carbocycles. The van der Waals surface area contributed by atoms with Crippen LogP contribution in [0.15, 0.2) is 29.6 Å². The Morgan fingerprint density at radius 2 is 1.94 bits per heavy atom. The Labute approximate surface area is 111 Å². The van der Waals surface area contributed by atoms with E-state index in [0.29, 0.717) is 6.54 Å². The number of phenols is 2. The Morgan fingerprint density at radius 3 is 2.67 bits per heavy atom. The van der Waals surface area contributed by atoms with Gasteiger partial charge >= 0.3 is 0 Å². The maximum absolute atomic E-state index is 9.65. The van der Waals surface area contributed by atoms with E-state index in [1.165, 1.54) is 16.5 Å². The van der Waals surface area contributed by atoms with Crippen LogP contribution in [0.3, 0.4) is 0 Å². The molecule has 1 aromatic heterocycles. The van der Waals surface area contributed by atoms with E-state index in [9.17, 15) is 10.2 Å². The standard InChI is InChI=1S/C14H17NO2S/c1-2-10-5-6-18-14(10)9-15-8-11-3-4-12(16)7-13(11)17/h3-7,15-17H,2,8-9H2,1H3. The third-order valence-corrected chi connectivity index (χ3v) is 3.85. The molecule has 1 heterocycles. The van der Waals surface area contributed by atoms with Crippen molar-refractivity contribution in [2.45, 2.75) is 26.4 Å². The molecule has 0 aliphatic heterocycles. The van der Waals surface area contributed by atoms with Gasteiger partial charge in [-0.15, -0.1) is 11.3 Å². The van der Waals surface area contributed by atoms with Crippen LogP contribution in [-0.4, -0.2) is 10.2 Å². The molecule has 2 rings (SSSR count). The molecular formula is C14H17NO2S. The van der Waals surface area contributed by atoms with E-state index in [-0.39, 0.29) is 11.5 Å². The van der Waals surface area contributed by atoms with Gasteiger partial charge in [-0.1, -0.05) is 13.0 Å². The van der Waals surface area contributed by atoms with Gasteiger partial charge in [0.25, 0.3) is 0 Å². The normalized spacial score (nSPS) is 10.7. The minimum Gasteiger partial charge on any atom is -0.508 e. The summed E-state index contributed by atoms with van der Waals surface area (Å²) in [5.41, 5.74) is 2.17. The Kier molecular flexibility index (Phi) is 4.23. The number of rotatable bonds is 5. The summed E-state index contributed by atoms with van der Waals surface area (Å²) in [7, 11) is 0. The monoisotopic (exact) mass is 263 g/mol. The topological polar surface area (TPSA) is 52.5 Å². The predicted octanol–water partition coefficient (Wildman–Crippen LogP) is 3.01. The summed E-state index contributed by atoms with van der Waals surface area (Å²) in [6.07, 6.45) is 1.05. The van der Waals surface area contributed by atoms with Gasteiger partial charge in [0.05, 0.1) is 0 Å². The van der Waals surface area contributed by atoms with E-state index in [2.05, 4.69) is 23.7 Å². The van der Waals surface area contributed by atoms with Crippen molar-refractivity contribution >= 4 is 11.3 Å². The summed E-state index contributed by atoms with van der Waals surface area (Å²) in [5, 5.41) is 24.3. The zero-order valence-corrected chi connectivity index (χ0v) is 11.1. The average molecular weight is 263 g/mol. The molecular weight excluding hydrogens is 246 g/mol. The van der Waals surface area contributed by atoms with Crippen molar-refractivity contribution in [2.75, 3.05) is 0 Å². The summed E-state index contributed by atoms with van der Waals surface area (Å²) in [4.78, 5) is 1.34. The molecule has 4 heteroatoms. The third-order valence-electron chi connectivity index (χ3n) is 2.89. The van der Waals surface area contributed by atoms with E-state index in [0.717, 1.165) is 18.5 Å². The molecule has 0 radical (unpaired) electrons. The van der Waals surface area contributed by atoms with Crippen LogP contribution in [0, 0.1) is 0 Å². The number of aromatic hydroxyl groups is 2. The van der Waals surface area contributed by atoms with E-state index < -0.39 is 0 Å². The second kappa shape index (κ2) is 5.89. The number of aryl methyl sites for hydroxylation is 1. The van der Waals surface area contributed by atoms with Gasteiger partial charge in [-0.25, -0.2) is 0 Å². The van der Waals surface area contributed by atoms with Gasteiger partial charge in [-0.05, 0) is 29.5 Å². The SMILES string of the molecule is CCc1ccsc1CNCc1ccc(O)cc1O. The zero-order chi connectivity index (χ0) is 13.0. The molecule has 0 bridgehead atoms. The first-order chi connectivity index (χ1) is 8.70. The second-order valence-corrected chi connectivity index (χ2v) is 5.14. The number of phenolic OH excluding ortho intramolecular Hbond substituents is 2. The summed E-state index contributed by atoms with van der Waals surface area (Å²) in [6.45, 7) is 3.55. The summed E-state index contributed by atoms with van der Waals surface area (Å²) in [5.74, 6) is 0.215. The van der Waals surface area contributed by atoms with Gasteiger partial charge in [0.15, 0.2) is 0 Å². The first-order valence-corrected chi connectivity index (χ1v) is 6.85. The van der Waals surface area contributed by atoms with Crippen LogP contribution in [0.25, 0.3) is 0 Å². The quantitative estimate of drug-likeness (QED) is 0.777. The van der Waals surface area contributed by atoms with Crippen LogP contribution in [0.5, 0.6) is 11.5 Å². The van der Waals surface area contributed by atoms with Crippen molar-refractivity contribution in [1.29, 1.82) is 0 Å². The molecule has 3 N–H and O–H groups in total. The highest BCUT2D eigenvalue weighted by atomic mass is 32.1. The molecule has 0 saturated carbocycles. The fourth-order valence-corrected chi connectivity index (χ4v) is 2.80. The molecule has 0 atom stereocenters. The summed E-state index contributed by atoms with van der Waals surface area (Å²) >= 11 is 1.75. The van der Waals surface area contributed by atoms with Crippen molar-refractivity contribution in [3.63, 3.8) is 0 Å². The van der Waals surface area contributed by atoms with Crippen LogP contribution in [0.2, 0.25) is 0 Å². The second-order valence-electron chi connectivity index (χ2n) is 4.14. The number of thiophene rings is 1. The zero-order valence-electron chi connectivity index (χ0n) is 10.3. The highest BCUT2D eigenvalue weighted by molar-refractivity contribution is 7.10. The number of nitrogens with one attached hydrogen (secondary N) is 1. The molecule has 2 aromatic rings. The highest BCUT2D eigenvalue weighted by Crippen LogP contribution is 2.23. The lowest BCUT2D eigenvalue weighted by atomic mass is 10.2. The lowest BCUT2D eigenvalue weighted by molar-refractivity contribution is 0.443. The van der Waals surface area contributed by atoms with Gasteiger partial charge in [0.2, 0.25) is 0 Å². The van der Waals surface area contributed by atoms with Crippen molar-refractivity contribution in [1.82, 2.24) is 5.32 Å². The van der Waals surface area contributed by atoms with Crippen LogP contribution < -0.4 is 5.32 Å².